The fraction of sp³-hybridized carbons (Fsp3) is 0.938. The van der Waals surface area contributed by atoms with Crippen LogP contribution in [0.15, 0.2) is 0 Å². The van der Waals surface area contributed by atoms with Gasteiger partial charge in [0.05, 0.1) is 0 Å². The van der Waals surface area contributed by atoms with Gasteiger partial charge in [0.1, 0.15) is 0 Å². The molecule has 0 aromatic heterocycles. The summed E-state index contributed by atoms with van der Waals surface area (Å²) in [6.07, 6.45) is 7.60. The van der Waals surface area contributed by atoms with Gasteiger partial charge in [-0.25, -0.2) is 0 Å². The summed E-state index contributed by atoms with van der Waals surface area (Å²) in [7, 11) is 0. The topological polar surface area (TPSA) is 29.1 Å². The van der Waals surface area contributed by atoms with Crippen molar-refractivity contribution < 1.29 is 4.79 Å². The number of halogens is 1. The van der Waals surface area contributed by atoms with Crippen LogP contribution in [0, 0.1) is 28.6 Å². The average Bonchev–Trinajstić information content (AvgIpc) is 2.34. The number of carbonyl (C=O) groups is 1. The summed E-state index contributed by atoms with van der Waals surface area (Å²) in [5.74, 6) is 3.41. The Bertz CT molecular complexity index is 342. The van der Waals surface area contributed by atoms with E-state index in [0.717, 1.165) is 37.0 Å². The van der Waals surface area contributed by atoms with Crippen LogP contribution in [0.4, 0.5) is 0 Å². The predicted molar refractivity (Wildman–Crippen MR) is 78.1 cm³/mol. The Labute approximate surface area is 121 Å². The van der Waals surface area contributed by atoms with Crippen molar-refractivity contribution in [3.05, 3.63) is 0 Å². The lowest BCUT2D eigenvalue weighted by Gasteiger charge is -2.55. The van der Waals surface area contributed by atoms with Crippen molar-refractivity contribution in [1.29, 1.82) is 0 Å². The van der Waals surface area contributed by atoms with Crippen LogP contribution in [0.3, 0.4) is 0 Å². The molecule has 0 aromatic rings. The molecule has 1 N–H and O–H groups in total. The minimum Gasteiger partial charge on any atom is -0.355 e. The van der Waals surface area contributed by atoms with Crippen molar-refractivity contribution in [2.24, 2.45) is 28.6 Å². The summed E-state index contributed by atoms with van der Waals surface area (Å²) >= 11 is 5.94. The maximum atomic E-state index is 12.7. The lowest BCUT2D eigenvalue weighted by atomic mass is 9.49. The van der Waals surface area contributed by atoms with Gasteiger partial charge >= 0.3 is 0 Å². The van der Waals surface area contributed by atoms with Crippen molar-refractivity contribution in [1.82, 2.24) is 5.32 Å². The van der Waals surface area contributed by atoms with Crippen LogP contribution in [-0.2, 0) is 4.79 Å². The summed E-state index contributed by atoms with van der Waals surface area (Å²) < 4.78 is 0. The minimum absolute atomic E-state index is 0.000486. The third-order valence-corrected chi connectivity index (χ3v) is 6.33. The number of hydrogen-bond donors (Lipinski definition) is 1. The van der Waals surface area contributed by atoms with E-state index >= 15 is 0 Å². The van der Waals surface area contributed by atoms with Crippen LogP contribution in [0.5, 0.6) is 0 Å². The fourth-order valence-electron chi connectivity index (χ4n) is 4.94. The first-order valence-corrected chi connectivity index (χ1v) is 8.30. The van der Waals surface area contributed by atoms with Gasteiger partial charge in [0.2, 0.25) is 5.91 Å². The van der Waals surface area contributed by atoms with Gasteiger partial charge in [-0.15, -0.1) is 11.6 Å². The van der Waals surface area contributed by atoms with E-state index in [0.29, 0.717) is 18.3 Å². The first-order valence-electron chi connectivity index (χ1n) is 7.77. The van der Waals surface area contributed by atoms with Crippen molar-refractivity contribution >= 4 is 17.5 Å². The van der Waals surface area contributed by atoms with Gasteiger partial charge in [-0.3, -0.25) is 4.79 Å². The van der Waals surface area contributed by atoms with E-state index in [1.54, 1.807) is 0 Å². The van der Waals surface area contributed by atoms with E-state index in [2.05, 4.69) is 19.2 Å². The lowest BCUT2D eigenvalue weighted by molar-refractivity contribution is -0.146. The van der Waals surface area contributed by atoms with E-state index in [1.807, 2.05) is 0 Å². The summed E-state index contributed by atoms with van der Waals surface area (Å²) in [6.45, 7) is 4.93. The van der Waals surface area contributed by atoms with E-state index in [-0.39, 0.29) is 10.8 Å². The molecule has 0 saturated heterocycles. The number of rotatable bonds is 4. The van der Waals surface area contributed by atoms with Gasteiger partial charge in [-0.1, -0.05) is 13.8 Å². The maximum absolute atomic E-state index is 12.7. The number of amides is 1. The molecule has 0 heterocycles. The quantitative estimate of drug-likeness (QED) is 0.785. The number of alkyl halides is 1. The molecule has 2 nitrogen and oxygen atoms in total. The molecular formula is C16H26ClNO. The largest absolute Gasteiger partial charge is 0.355 e. The Balaban J connectivity index is 1.66. The Hall–Kier alpha value is -0.240. The highest BCUT2D eigenvalue weighted by atomic mass is 35.5. The second-order valence-corrected chi connectivity index (χ2v) is 8.45. The molecule has 4 bridgehead atoms. The molecule has 0 aromatic carbocycles. The van der Waals surface area contributed by atoms with Gasteiger partial charge < -0.3 is 5.32 Å². The minimum atomic E-state index is -0.0167. The van der Waals surface area contributed by atoms with Gasteiger partial charge in [0.25, 0.3) is 0 Å². The third-order valence-electron chi connectivity index (χ3n) is 5.61. The van der Waals surface area contributed by atoms with Crippen LogP contribution < -0.4 is 5.32 Å². The summed E-state index contributed by atoms with van der Waals surface area (Å²) in [4.78, 5) is 12.7. The molecule has 4 rings (SSSR count). The molecule has 0 spiro atoms. The predicted octanol–water partition coefficient (Wildman–Crippen LogP) is 3.58. The molecule has 4 aliphatic rings. The van der Waals surface area contributed by atoms with Crippen LogP contribution in [-0.4, -0.2) is 18.3 Å². The normalized spacial score (nSPS) is 40.5. The zero-order valence-corrected chi connectivity index (χ0v) is 12.9. The molecule has 0 atom stereocenters. The second-order valence-electron chi connectivity index (χ2n) is 8.18. The van der Waals surface area contributed by atoms with Crippen molar-refractivity contribution in [3.63, 3.8) is 0 Å². The number of hydrogen-bond acceptors (Lipinski definition) is 1. The Morgan fingerprint density at radius 3 is 2.05 bits per heavy atom. The zero-order chi connectivity index (χ0) is 13.7. The van der Waals surface area contributed by atoms with E-state index in [4.69, 9.17) is 11.6 Å². The molecule has 4 saturated carbocycles. The van der Waals surface area contributed by atoms with Gasteiger partial charge in [-0.05, 0) is 61.7 Å². The van der Waals surface area contributed by atoms with E-state index in [1.165, 1.54) is 19.3 Å². The summed E-state index contributed by atoms with van der Waals surface area (Å²) in [5, 5.41) is 3.21. The highest BCUT2D eigenvalue weighted by Crippen LogP contribution is 2.60. The number of carbonyl (C=O) groups excluding carboxylic acids is 1. The SMILES string of the molecule is CC(C)(CCl)CNC(=O)C12CC3CC(CC(C3)C1)C2. The van der Waals surface area contributed by atoms with Crippen LogP contribution in [0.1, 0.15) is 52.4 Å². The standard InChI is InChI=1S/C16H26ClNO/c1-15(2,9-17)10-18-14(19)16-6-11-3-12(7-16)5-13(4-11)8-16/h11-13H,3-10H2,1-2H3,(H,18,19). The Kier molecular flexibility index (Phi) is 3.36. The zero-order valence-electron chi connectivity index (χ0n) is 12.2. The molecule has 1 amide bonds. The van der Waals surface area contributed by atoms with Crippen LogP contribution in [0.25, 0.3) is 0 Å². The summed E-state index contributed by atoms with van der Waals surface area (Å²) in [6, 6.07) is 0. The van der Waals surface area contributed by atoms with Gasteiger partial charge in [0, 0.05) is 17.8 Å². The lowest BCUT2D eigenvalue weighted by Crippen LogP contribution is -2.54. The molecule has 4 fully saturated rings. The van der Waals surface area contributed by atoms with Crippen molar-refractivity contribution in [2.75, 3.05) is 12.4 Å². The second kappa shape index (κ2) is 4.65. The molecule has 108 valence electrons. The molecule has 19 heavy (non-hydrogen) atoms. The van der Waals surface area contributed by atoms with Gasteiger partial charge in [-0.2, -0.15) is 0 Å². The molecule has 3 heteroatoms. The van der Waals surface area contributed by atoms with Crippen LogP contribution in [0.2, 0.25) is 0 Å². The van der Waals surface area contributed by atoms with Crippen molar-refractivity contribution in [3.8, 4) is 0 Å². The monoisotopic (exact) mass is 283 g/mol. The number of nitrogens with one attached hydrogen (secondary N) is 1. The Morgan fingerprint density at radius 2 is 1.63 bits per heavy atom. The fourth-order valence-corrected chi connectivity index (χ4v) is 5.04. The third kappa shape index (κ3) is 2.53. The molecular weight excluding hydrogens is 258 g/mol. The van der Waals surface area contributed by atoms with Crippen LogP contribution >= 0.6 is 11.6 Å². The highest BCUT2D eigenvalue weighted by molar-refractivity contribution is 6.18. The first-order chi connectivity index (χ1) is 8.92. The molecule has 0 radical (unpaired) electrons. The molecule has 4 aliphatic carbocycles. The molecule has 0 unspecified atom stereocenters. The highest BCUT2D eigenvalue weighted by Gasteiger charge is 2.54. The van der Waals surface area contributed by atoms with E-state index < -0.39 is 0 Å². The Morgan fingerprint density at radius 1 is 1.16 bits per heavy atom. The summed E-state index contributed by atoms with van der Waals surface area (Å²) in [5.41, 5.74) is -0.0172. The van der Waals surface area contributed by atoms with Gasteiger partial charge in [0.15, 0.2) is 0 Å². The maximum Gasteiger partial charge on any atom is 0.226 e. The first kappa shape index (κ1) is 13.7. The van der Waals surface area contributed by atoms with Crippen molar-refractivity contribution in [2.45, 2.75) is 52.4 Å². The molecule has 0 aliphatic heterocycles. The average molecular weight is 284 g/mol. The van der Waals surface area contributed by atoms with E-state index in [9.17, 15) is 4.79 Å². The smallest absolute Gasteiger partial charge is 0.226 e.